The molecule has 1 atom stereocenters. The third kappa shape index (κ3) is 9.09. The molecule has 8 nitrogen and oxygen atoms in total. The van der Waals surface area contributed by atoms with E-state index >= 15 is 0 Å². The second-order valence-corrected chi connectivity index (χ2v) is 11.8. The quantitative estimate of drug-likeness (QED) is 0.279. The van der Waals surface area contributed by atoms with Crippen molar-refractivity contribution in [1.29, 1.82) is 0 Å². The Morgan fingerprint density at radius 3 is 2.41 bits per heavy atom. The molecule has 0 bridgehead atoms. The molecule has 12 heteroatoms. The van der Waals surface area contributed by atoms with Crippen molar-refractivity contribution in [2.45, 2.75) is 72.2 Å². The van der Waals surface area contributed by atoms with E-state index in [-0.39, 0.29) is 29.8 Å². The van der Waals surface area contributed by atoms with Gasteiger partial charge in [-0.1, -0.05) is 13.8 Å². The number of thiazole rings is 1. The SMILES string of the molecule is Cc1csc(Nc2nccc(-c3ccc(OC[C@](C)(CC(C)C)NC(=O)OC(C)(C)C)c(C(F)(F)F)c3)n2)n1. The molecule has 1 amide bonds. The van der Waals surface area contributed by atoms with Crippen molar-refractivity contribution in [3.05, 3.63) is 47.1 Å². The number of anilines is 2. The fourth-order valence-electron chi connectivity index (χ4n) is 3.96. The molecule has 3 rings (SSSR count). The zero-order chi connectivity index (χ0) is 29.0. The van der Waals surface area contributed by atoms with E-state index < -0.39 is 29.0 Å². The Balaban J connectivity index is 1.85. The number of rotatable bonds is 9. The normalized spacial score (nSPS) is 13.6. The summed E-state index contributed by atoms with van der Waals surface area (Å²) in [4.78, 5) is 25.2. The minimum atomic E-state index is -4.69. The topological polar surface area (TPSA) is 98.3 Å². The summed E-state index contributed by atoms with van der Waals surface area (Å²) in [5, 5.41) is 8.18. The molecule has 0 saturated heterocycles. The van der Waals surface area contributed by atoms with E-state index in [1.54, 1.807) is 27.7 Å². The molecule has 0 unspecified atom stereocenters. The van der Waals surface area contributed by atoms with Crippen molar-refractivity contribution in [2.75, 3.05) is 11.9 Å². The largest absolute Gasteiger partial charge is 0.491 e. The first-order valence-electron chi connectivity index (χ1n) is 12.4. The van der Waals surface area contributed by atoms with Gasteiger partial charge in [-0.15, -0.1) is 11.3 Å². The molecule has 1 aromatic carbocycles. The van der Waals surface area contributed by atoms with Crippen LogP contribution < -0.4 is 15.4 Å². The van der Waals surface area contributed by atoms with Crippen LogP contribution in [-0.2, 0) is 10.9 Å². The molecule has 0 fully saturated rings. The second-order valence-electron chi connectivity index (χ2n) is 11.0. The Kier molecular flexibility index (Phi) is 9.09. The summed E-state index contributed by atoms with van der Waals surface area (Å²) in [5.74, 6) is -0.00171. The number of hydrogen-bond acceptors (Lipinski definition) is 8. The van der Waals surface area contributed by atoms with E-state index in [0.717, 1.165) is 11.8 Å². The molecule has 0 spiro atoms. The van der Waals surface area contributed by atoms with Gasteiger partial charge in [-0.05, 0) is 71.2 Å². The fraction of sp³-hybridized carbons (Fsp3) is 0.481. The van der Waals surface area contributed by atoms with Crippen LogP contribution in [0.3, 0.4) is 0 Å². The number of halogens is 3. The third-order valence-electron chi connectivity index (χ3n) is 5.28. The number of nitrogens with one attached hydrogen (secondary N) is 2. The number of aryl methyl sites for hydroxylation is 1. The van der Waals surface area contributed by atoms with Crippen molar-refractivity contribution in [3.8, 4) is 17.0 Å². The predicted molar refractivity (Wildman–Crippen MR) is 145 cm³/mol. The lowest BCUT2D eigenvalue weighted by molar-refractivity contribution is -0.139. The van der Waals surface area contributed by atoms with Crippen LogP contribution in [0.1, 0.15) is 59.2 Å². The number of amides is 1. The van der Waals surface area contributed by atoms with E-state index in [1.807, 2.05) is 26.2 Å². The Labute approximate surface area is 230 Å². The summed E-state index contributed by atoms with van der Waals surface area (Å²) in [5.41, 5.74) is -1.28. The van der Waals surface area contributed by atoms with E-state index in [1.165, 1.54) is 35.7 Å². The van der Waals surface area contributed by atoms with Crippen LogP contribution in [0.25, 0.3) is 11.3 Å². The number of aromatic nitrogens is 3. The third-order valence-corrected chi connectivity index (χ3v) is 6.16. The number of alkyl halides is 3. The molecule has 2 aromatic heterocycles. The summed E-state index contributed by atoms with van der Waals surface area (Å²) >= 11 is 1.37. The van der Waals surface area contributed by atoms with Crippen LogP contribution >= 0.6 is 11.3 Å². The number of ether oxygens (including phenoxy) is 2. The smallest absolute Gasteiger partial charge is 0.419 e. The second kappa shape index (κ2) is 11.8. The molecule has 0 aliphatic carbocycles. The highest BCUT2D eigenvalue weighted by Crippen LogP contribution is 2.39. The van der Waals surface area contributed by atoms with Crippen molar-refractivity contribution in [1.82, 2.24) is 20.3 Å². The Morgan fingerprint density at radius 1 is 1.10 bits per heavy atom. The maximum absolute atomic E-state index is 14.1. The van der Waals surface area contributed by atoms with Gasteiger partial charge in [-0.2, -0.15) is 13.2 Å². The van der Waals surface area contributed by atoms with Gasteiger partial charge in [0.1, 0.15) is 18.0 Å². The van der Waals surface area contributed by atoms with Gasteiger partial charge in [0.2, 0.25) is 5.95 Å². The van der Waals surface area contributed by atoms with E-state index in [2.05, 4.69) is 25.6 Å². The Morgan fingerprint density at radius 2 is 1.82 bits per heavy atom. The van der Waals surface area contributed by atoms with Gasteiger partial charge in [-0.25, -0.2) is 19.7 Å². The minimum Gasteiger partial charge on any atom is -0.491 e. The van der Waals surface area contributed by atoms with Crippen LogP contribution in [-0.4, -0.2) is 38.8 Å². The highest BCUT2D eigenvalue weighted by Gasteiger charge is 2.37. The summed E-state index contributed by atoms with van der Waals surface area (Å²) < 4.78 is 53.4. The monoisotopic (exact) mass is 565 g/mol. The van der Waals surface area contributed by atoms with Gasteiger partial charge < -0.3 is 20.1 Å². The lowest BCUT2D eigenvalue weighted by atomic mass is 9.91. The van der Waals surface area contributed by atoms with E-state index in [4.69, 9.17) is 9.47 Å². The highest BCUT2D eigenvalue weighted by atomic mass is 32.1. The summed E-state index contributed by atoms with van der Waals surface area (Å²) in [6.07, 6.45) is -3.43. The lowest BCUT2D eigenvalue weighted by Crippen LogP contribution is -2.52. The average Bonchev–Trinajstić information content (AvgIpc) is 3.19. The predicted octanol–water partition coefficient (Wildman–Crippen LogP) is 7.38. The molecule has 39 heavy (non-hydrogen) atoms. The summed E-state index contributed by atoms with van der Waals surface area (Å²) in [6, 6.07) is 5.29. The number of carbonyl (C=O) groups excluding carboxylic acids is 1. The van der Waals surface area contributed by atoms with Crippen LogP contribution in [0.15, 0.2) is 35.8 Å². The van der Waals surface area contributed by atoms with Crippen molar-refractivity contribution in [2.24, 2.45) is 5.92 Å². The average molecular weight is 566 g/mol. The first-order chi connectivity index (χ1) is 18.0. The first kappa shape index (κ1) is 30.1. The summed E-state index contributed by atoms with van der Waals surface area (Å²) in [6.45, 7) is 12.5. The van der Waals surface area contributed by atoms with Gasteiger partial charge in [0.05, 0.1) is 22.5 Å². The van der Waals surface area contributed by atoms with Crippen molar-refractivity contribution >= 4 is 28.5 Å². The van der Waals surface area contributed by atoms with Gasteiger partial charge in [0.25, 0.3) is 0 Å². The Hall–Kier alpha value is -3.41. The van der Waals surface area contributed by atoms with E-state index in [0.29, 0.717) is 17.2 Å². The first-order valence-corrected chi connectivity index (χ1v) is 13.3. The fourth-order valence-corrected chi connectivity index (χ4v) is 4.64. The zero-order valence-electron chi connectivity index (χ0n) is 23.1. The highest BCUT2D eigenvalue weighted by molar-refractivity contribution is 7.13. The van der Waals surface area contributed by atoms with Crippen LogP contribution in [0.4, 0.5) is 29.0 Å². The van der Waals surface area contributed by atoms with Crippen molar-refractivity contribution < 1.29 is 27.4 Å². The minimum absolute atomic E-state index is 0.131. The molecule has 2 heterocycles. The molecular formula is C27H34F3N5O3S. The molecule has 0 aliphatic heterocycles. The lowest BCUT2D eigenvalue weighted by Gasteiger charge is -2.33. The molecule has 0 radical (unpaired) electrons. The van der Waals surface area contributed by atoms with Crippen LogP contribution in [0.5, 0.6) is 5.75 Å². The molecule has 0 saturated carbocycles. The van der Waals surface area contributed by atoms with Gasteiger partial charge in [-0.3, -0.25) is 0 Å². The Bertz CT molecular complexity index is 1290. The maximum Gasteiger partial charge on any atom is 0.419 e. The van der Waals surface area contributed by atoms with E-state index in [9.17, 15) is 18.0 Å². The number of hydrogen-bond donors (Lipinski definition) is 2. The number of nitrogens with zero attached hydrogens (tertiary/aromatic N) is 3. The number of benzene rings is 1. The molecular weight excluding hydrogens is 531 g/mol. The van der Waals surface area contributed by atoms with Gasteiger partial charge >= 0.3 is 12.3 Å². The number of carbonyl (C=O) groups is 1. The number of alkyl carbamates (subject to hydrolysis) is 1. The standard InChI is InChI=1S/C27H34F3N5O3S/c1-16(2)13-26(7,35-24(36)38-25(4,5)6)15-37-21-9-8-18(12-19(21)27(28,29)30)20-10-11-31-22(33-20)34-23-32-17(3)14-39-23/h8-12,14,16H,13,15H2,1-7H3,(H,35,36)(H,31,32,33,34)/t26-/m0/s1. The van der Waals surface area contributed by atoms with Crippen LogP contribution in [0.2, 0.25) is 0 Å². The molecule has 3 aromatic rings. The molecule has 0 aliphatic rings. The molecule has 2 N–H and O–H groups in total. The van der Waals surface area contributed by atoms with Gasteiger partial charge in [0, 0.05) is 17.1 Å². The maximum atomic E-state index is 14.1. The zero-order valence-corrected chi connectivity index (χ0v) is 23.9. The van der Waals surface area contributed by atoms with Gasteiger partial charge in [0.15, 0.2) is 5.13 Å². The summed E-state index contributed by atoms with van der Waals surface area (Å²) in [7, 11) is 0. The molecule has 212 valence electrons. The van der Waals surface area contributed by atoms with Crippen LogP contribution in [0, 0.1) is 12.8 Å². The van der Waals surface area contributed by atoms with Crippen molar-refractivity contribution in [3.63, 3.8) is 0 Å².